The summed E-state index contributed by atoms with van der Waals surface area (Å²) in [5.74, 6) is 0. The second-order valence-electron chi connectivity index (χ2n) is 20.8. The Kier molecular flexibility index (Phi) is 10.4. The van der Waals surface area contributed by atoms with Crippen LogP contribution < -0.4 is 30.5 Å². The molecule has 0 N–H and O–H groups in total. The van der Waals surface area contributed by atoms with Gasteiger partial charge in [-0.15, -0.1) is 0 Å². The van der Waals surface area contributed by atoms with E-state index >= 15 is 0 Å². The zero-order valence-electron chi connectivity index (χ0n) is 37.6. The maximum absolute atomic E-state index is 7.98. The van der Waals surface area contributed by atoms with Crippen molar-refractivity contribution in [2.45, 2.75) is 78.6 Å². The maximum Gasteiger partial charge on any atom is 0.189 e. The van der Waals surface area contributed by atoms with Gasteiger partial charge in [-0.3, -0.25) is 0 Å². The first-order valence-corrected chi connectivity index (χ1v) is 35.4. The van der Waals surface area contributed by atoms with Gasteiger partial charge >= 0.3 is 0 Å². The topological polar surface area (TPSA) is 10.8 Å². The molecule has 302 valence electrons. The van der Waals surface area contributed by atoms with E-state index in [4.69, 9.17) is 6.57 Å². The van der Waals surface area contributed by atoms with Crippen LogP contribution in [0.25, 0.3) is 37.2 Å². The van der Waals surface area contributed by atoms with Crippen molar-refractivity contribution in [3.05, 3.63) is 151 Å². The minimum absolute atomic E-state index is 0.642. The van der Waals surface area contributed by atoms with Gasteiger partial charge in [0.25, 0.3) is 0 Å². The molecule has 0 spiro atoms. The number of hydrogen-bond acceptors (Lipinski definition) is 2. The van der Waals surface area contributed by atoms with Crippen molar-refractivity contribution in [1.82, 2.24) is 0 Å². The number of anilines is 6. The normalized spacial score (nSPS) is 12.7. The summed E-state index contributed by atoms with van der Waals surface area (Å²) in [5.41, 5.74) is 7.52. The summed E-state index contributed by atoms with van der Waals surface area (Å²) in [7, 11) is -6.72. The van der Waals surface area contributed by atoms with Gasteiger partial charge in [0.1, 0.15) is 0 Å². The number of para-hydroxylation sites is 1. The minimum Gasteiger partial charge on any atom is -0.311 e. The average Bonchev–Trinajstić information content (AvgIpc) is 3.20. The van der Waals surface area contributed by atoms with Crippen molar-refractivity contribution in [2.24, 2.45) is 0 Å². The Labute approximate surface area is 362 Å². The first kappa shape index (κ1) is 41.5. The number of rotatable bonds is 10. The lowest BCUT2D eigenvalue weighted by molar-refractivity contribution is 1.30. The van der Waals surface area contributed by atoms with Crippen molar-refractivity contribution in [2.75, 3.05) is 9.80 Å². The van der Waals surface area contributed by atoms with Crippen molar-refractivity contribution < 1.29 is 0 Å². The van der Waals surface area contributed by atoms with Crippen LogP contribution in [0, 0.1) is 6.57 Å². The Morgan fingerprint density at radius 3 is 1.15 bits per heavy atom. The molecule has 8 aromatic rings. The minimum atomic E-state index is -1.70. The molecule has 0 aliphatic heterocycles. The van der Waals surface area contributed by atoms with Gasteiger partial charge in [-0.2, -0.15) is 0 Å². The molecule has 8 aromatic carbocycles. The molecule has 0 amide bonds. The lowest BCUT2D eigenvalue weighted by Gasteiger charge is -2.32. The van der Waals surface area contributed by atoms with Crippen molar-refractivity contribution in [3.8, 4) is 0 Å². The molecule has 8 rings (SSSR count). The standard InChI is InChI=1S/C53H59N3Si4/c1-54-39-18-17-21-41(30-39)56(43-33-46(59(8,9)10)36-47(34-43)60(11,12)13)51-29-25-38-22-26-48-50(28-24-37-23-27-49(51)53(38)52(37)48)55(40-19-15-14-16-20-40)42-31-44(57(2,3)4)35-45(32-42)58(5,6)7/h14-36H,2-13H3. The zero-order valence-corrected chi connectivity index (χ0v) is 41.6. The van der Waals surface area contributed by atoms with E-state index in [0.717, 1.165) is 17.1 Å². The second-order valence-corrected chi connectivity index (χ2v) is 41.1. The third-order valence-corrected chi connectivity index (χ3v) is 20.2. The Bertz CT molecular complexity index is 2870. The van der Waals surface area contributed by atoms with Crippen LogP contribution in [0.15, 0.2) is 140 Å². The highest BCUT2D eigenvalue weighted by Crippen LogP contribution is 2.47. The van der Waals surface area contributed by atoms with Gasteiger partial charge in [-0.05, 0) is 82.2 Å². The molecule has 0 unspecified atom stereocenters. The first-order chi connectivity index (χ1) is 28.2. The highest BCUT2D eigenvalue weighted by Gasteiger charge is 2.29. The van der Waals surface area contributed by atoms with Crippen molar-refractivity contribution in [1.29, 1.82) is 0 Å². The summed E-state index contributed by atoms with van der Waals surface area (Å²) in [6, 6.07) is 52.6. The molecule has 7 heteroatoms. The smallest absolute Gasteiger partial charge is 0.189 e. The quantitative estimate of drug-likeness (QED) is 0.0771. The van der Waals surface area contributed by atoms with Gasteiger partial charge in [-0.25, -0.2) is 4.85 Å². The molecule has 0 bridgehead atoms. The van der Waals surface area contributed by atoms with Crippen LogP contribution >= 0.6 is 0 Å². The lowest BCUT2D eigenvalue weighted by atomic mass is 9.91. The highest BCUT2D eigenvalue weighted by molar-refractivity contribution is 6.92. The number of hydrogen-bond donors (Lipinski definition) is 0. The maximum atomic E-state index is 7.98. The second kappa shape index (κ2) is 15.0. The molecule has 0 heterocycles. The summed E-state index contributed by atoms with van der Waals surface area (Å²) in [4.78, 5) is 8.85. The fourth-order valence-corrected chi connectivity index (χ4v) is 13.5. The molecular weight excluding hydrogens is 791 g/mol. The molecule has 0 fully saturated rings. The van der Waals surface area contributed by atoms with Gasteiger partial charge in [-0.1, -0.05) is 178 Å². The van der Waals surface area contributed by atoms with Gasteiger partial charge in [0, 0.05) is 33.5 Å². The Morgan fingerprint density at radius 2 is 0.750 bits per heavy atom. The van der Waals surface area contributed by atoms with Gasteiger partial charge < -0.3 is 9.80 Å². The van der Waals surface area contributed by atoms with E-state index in [1.54, 1.807) is 0 Å². The third-order valence-electron chi connectivity index (χ3n) is 12.1. The van der Waals surface area contributed by atoms with E-state index in [2.05, 4.69) is 221 Å². The van der Waals surface area contributed by atoms with E-state index in [1.165, 1.54) is 70.1 Å². The Morgan fingerprint density at radius 1 is 0.367 bits per heavy atom. The summed E-state index contributed by atoms with van der Waals surface area (Å²) < 4.78 is 0. The molecule has 0 saturated carbocycles. The van der Waals surface area contributed by atoms with Crippen LogP contribution in [0.5, 0.6) is 0 Å². The van der Waals surface area contributed by atoms with E-state index in [0.29, 0.717) is 5.69 Å². The van der Waals surface area contributed by atoms with Crippen LogP contribution in [0.2, 0.25) is 78.6 Å². The van der Waals surface area contributed by atoms with Crippen LogP contribution in [-0.2, 0) is 0 Å². The molecule has 0 atom stereocenters. The van der Waals surface area contributed by atoms with Crippen LogP contribution in [-0.4, -0.2) is 32.3 Å². The monoisotopic (exact) mass is 849 g/mol. The highest BCUT2D eigenvalue weighted by atomic mass is 28.3. The predicted octanol–water partition coefficient (Wildman–Crippen LogP) is 14.3. The van der Waals surface area contributed by atoms with Crippen molar-refractivity contribution >= 4 is 125 Å². The molecule has 0 aliphatic carbocycles. The Balaban J connectivity index is 1.44. The third kappa shape index (κ3) is 7.78. The van der Waals surface area contributed by atoms with Crippen LogP contribution in [0.3, 0.4) is 0 Å². The lowest BCUT2D eigenvalue weighted by Crippen LogP contribution is -2.45. The summed E-state index contributed by atoms with van der Waals surface area (Å²) in [5, 5.41) is 13.4. The molecule has 0 saturated heterocycles. The zero-order chi connectivity index (χ0) is 42.9. The summed E-state index contributed by atoms with van der Waals surface area (Å²) in [6.45, 7) is 37.5. The average molecular weight is 850 g/mol. The molecule has 60 heavy (non-hydrogen) atoms. The SMILES string of the molecule is [C-]#[N+]c1cccc(N(c2cc([Si](C)(C)C)cc([Si](C)(C)C)c2)c2ccc3ccc4c(N(c5ccccc5)c5cc([Si](C)(C)C)cc([Si](C)(C)C)c5)ccc5ccc2c3c54)c1. The number of nitrogens with zero attached hydrogens (tertiary/aromatic N) is 3. The predicted molar refractivity (Wildman–Crippen MR) is 278 cm³/mol. The fraction of sp³-hybridized carbons (Fsp3) is 0.226. The van der Waals surface area contributed by atoms with Gasteiger partial charge in [0.15, 0.2) is 5.69 Å². The summed E-state index contributed by atoms with van der Waals surface area (Å²) >= 11 is 0. The van der Waals surface area contributed by atoms with Crippen LogP contribution in [0.1, 0.15) is 0 Å². The van der Waals surface area contributed by atoms with Crippen molar-refractivity contribution in [3.63, 3.8) is 0 Å². The van der Waals surface area contributed by atoms with E-state index < -0.39 is 32.3 Å². The molecule has 0 radical (unpaired) electrons. The Hall–Kier alpha value is -5.24. The number of benzene rings is 8. The fourth-order valence-electron chi connectivity index (χ4n) is 8.51. The first-order valence-electron chi connectivity index (χ1n) is 21.4. The van der Waals surface area contributed by atoms with Crippen LogP contribution in [0.4, 0.5) is 39.8 Å². The van der Waals surface area contributed by atoms with Gasteiger partial charge in [0.2, 0.25) is 0 Å². The summed E-state index contributed by atoms with van der Waals surface area (Å²) in [6.07, 6.45) is 0. The van der Waals surface area contributed by atoms with E-state index in [9.17, 15) is 0 Å². The molecule has 3 nitrogen and oxygen atoms in total. The van der Waals surface area contributed by atoms with Gasteiger partial charge in [0.05, 0.1) is 50.2 Å². The van der Waals surface area contributed by atoms with E-state index in [1.807, 2.05) is 12.1 Å². The van der Waals surface area contributed by atoms with E-state index in [-0.39, 0.29) is 0 Å². The molecular formula is C53H59N3Si4. The molecule has 0 aliphatic rings. The molecule has 0 aromatic heterocycles. The largest absolute Gasteiger partial charge is 0.311 e.